The monoisotopic (exact) mass is 546 g/mol. The first-order valence-corrected chi connectivity index (χ1v) is 13.3. The zero-order chi connectivity index (χ0) is 28.8. The first-order chi connectivity index (χ1) is 19.0. The van der Waals surface area contributed by atoms with Gasteiger partial charge in [0.05, 0.1) is 11.7 Å². The van der Waals surface area contributed by atoms with E-state index in [9.17, 15) is 19.1 Å². The highest BCUT2D eigenvalue weighted by Gasteiger charge is 2.44. The number of aromatic hydroxyl groups is 1. The van der Waals surface area contributed by atoms with E-state index in [4.69, 9.17) is 4.74 Å². The van der Waals surface area contributed by atoms with Crippen molar-refractivity contribution in [2.75, 3.05) is 10.2 Å². The van der Waals surface area contributed by atoms with Gasteiger partial charge >= 0.3 is 0 Å². The number of benzene rings is 3. The third-order valence-corrected chi connectivity index (χ3v) is 7.36. The summed E-state index contributed by atoms with van der Waals surface area (Å²) < 4.78 is 35.7. The molecule has 3 aromatic rings. The van der Waals surface area contributed by atoms with Crippen molar-refractivity contribution in [2.45, 2.75) is 53.2 Å². The van der Waals surface area contributed by atoms with E-state index in [1.165, 1.54) is 29.2 Å². The number of halogens is 2. The smallest absolute Gasteiger partial charge is 0.230 e. The van der Waals surface area contributed by atoms with E-state index in [1.807, 2.05) is 13.8 Å². The van der Waals surface area contributed by atoms with Crippen molar-refractivity contribution in [2.24, 2.45) is 11.3 Å². The maximum Gasteiger partial charge on any atom is 0.230 e. The van der Waals surface area contributed by atoms with Crippen LogP contribution in [0.5, 0.6) is 11.5 Å². The van der Waals surface area contributed by atoms with Crippen LogP contribution in [0.4, 0.5) is 20.2 Å². The van der Waals surface area contributed by atoms with Gasteiger partial charge in [0.2, 0.25) is 5.91 Å². The molecule has 2 aliphatic rings. The Morgan fingerprint density at radius 3 is 2.52 bits per heavy atom. The third-order valence-electron chi connectivity index (χ3n) is 7.36. The van der Waals surface area contributed by atoms with Crippen molar-refractivity contribution in [1.82, 2.24) is 0 Å². The Hall–Kier alpha value is -4.20. The van der Waals surface area contributed by atoms with Gasteiger partial charge in [-0.25, -0.2) is 8.78 Å². The molecule has 2 N–H and O–H groups in total. The predicted molar refractivity (Wildman–Crippen MR) is 149 cm³/mol. The number of nitrogens with one attached hydrogen (secondary N) is 1. The maximum atomic E-state index is 16.0. The van der Waals surface area contributed by atoms with Gasteiger partial charge in [0.1, 0.15) is 35.4 Å². The average molecular weight is 547 g/mol. The second-order valence-corrected chi connectivity index (χ2v) is 11.5. The highest BCUT2D eigenvalue weighted by Crippen LogP contribution is 2.51. The molecule has 0 aromatic heterocycles. The van der Waals surface area contributed by atoms with Crippen LogP contribution in [0.1, 0.15) is 57.7 Å². The predicted octanol–water partition coefficient (Wildman–Crippen LogP) is 7.05. The summed E-state index contributed by atoms with van der Waals surface area (Å²) >= 11 is 0. The van der Waals surface area contributed by atoms with Crippen molar-refractivity contribution in [3.63, 3.8) is 0 Å². The van der Waals surface area contributed by atoms with Crippen molar-refractivity contribution < 1.29 is 28.2 Å². The van der Waals surface area contributed by atoms with Gasteiger partial charge in [-0.2, -0.15) is 0 Å². The number of nitrogens with zero attached hydrogens (tertiary/aromatic N) is 1. The molecule has 0 saturated carbocycles. The van der Waals surface area contributed by atoms with Crippen molar-refractivity contribution >= 4 is 23.1 Å². The summed E-state index contributed by atoms with van der Waals surface area (Å²) in [5.74, 6) is -2.01. The Labute approximate surface area is 232 Å². The van der Waals surface area contributed by atoms with Gasteiger partial charge in [-0.15, -0.1) is 0 Å². The zero-order valence-electron chi connectivity index (χ0n) is 22.9. The largest absolute Gasteiger partial charge is 0.506 e. The minimum Gasteiger partial charge on any atom is -0.506 e. The summed E-state index contributed by atoms with van der Waals surface area (Å²) in [4.78, 5) is 28.9. The minimum absolute atomic E-state index is 0.0836. The number of anilines is 2. The number of phenols is 1. The van der Waals surface area contributed by atoms with Gasteiger partial charge < -0.3 is 15.2 Å². The van der Waals surface area contributed by atoms with Gasteiger partial charge in [0, 0.05) is 40.8 Å². The first kappa shape index (κ1) is 27.4. The standard InChI is InChI=1S/C32H32F2N2O4/c1-18(2)31(39)36-25-10-7-11-26(37)29(25)35-24-15-32(3,4)16-27(38)28(24)30(36)21-13-12-20(14-23(21)34)40-17-19-8-5-6-9-22(19)33/h5-14,18,30,35,37H,15-17H2,1-4H3. The molecule has 5 rings (SSSR count). The Balaban J connectivity index is 1.65. The average Bonchev–Trinajstić information content (AvgIpc) is 3.02. The summed E-state index contributed by atoms with van der Waals surface area (Å²) in [6.07, 6.45) is 0.689. The molecule has 0 saturated heterocycles. The lowest BCUT2D eigenvalue weighted by molar-refractivity contribution is -0.122. The summed E-state index contributed by atoms with van der Waals surface area (Å²) in [5.41, 5.74) is 1.56. The van der Waals surface area contributed by atoms with E-state index in [2.05, 4.69) is 5.32 Å². The van der Waals surface area contributed by atoms with E-state index >= 15 is 4.39 Å². The Morgan fingerprint density at radius 2 is 1.82 bits per heavy atom. The zero-order valence-corrected chi connectivity index (χ0v) is 22.9. The molecule has 0 spiro atoms. The topological polar surface area (TPSA) is 78.9 Å². The highest BCUT2D eigenvalue weighted by molar-refractivity contribution is 6.07. The number of amides is 1. The van der Waals surface area contributed by atoms with Crippen molar-refractivity contribution in [3.8, 4) is 11.5 Å². The van der Waals surface area contributed by atoms with E-state index in [0.717, 1.165) is 0 Å². The van der Waals surface area contributed by atoms with E-state index in [-0.39, 0.29) is 47.2 Å². The van der Waals surface area contributed by atoms with Crippen molar-refractivity contribution in [3.05, 3.63) is 94.7 Å². The van der Waals surface area contributed by atoms with E-state index in [0.29, 0.717) is 34.6 Å². The van der Waals surface area contributed by atoms with Crippen molar-refractivity contribution in [1.29, 1.82) is 0 Å². The molecule has 1 amide bonds. The lowest BCUT2D eigenvalue weighted by Crippen LogP contribution is -2.41. The number of fused-ring (bicyclic) bond motifs is 1. The van der Waals surface area contributed by atoms with Crippen LogP contribution in [0, 0.1) is 23.0 Å². The summed E-state index contributed by atoms with van der Waals surface area (Å²) in [7, 11) is 0. The second-order valence-electron chi connectivity index (χ2n) is 11.5. The number of Topliss-reactive ketones (excluding diaryl/α,β-unsaturated/α-hetero) is 1. The maximum absolute atomic E-state index is 16.0. The fourth-order valence-electron chi connectivity index (χ4n) is 5.45. The number of carbonyl (C=O) groups is 2. The van der Waals surface area contributed by atoms with Gasteiger partial charge in [0.25, 0.3) is 0 Å². The third kappa shape index (κ3) is 5.06. The van der Waals surface area contributed by atoms with Gasteiger partial charge in [0.15, 0.2) is 5.78 Å². The number of ether oxygens (including phenoxy) is 1. The lowest BCUT2D eigenvalue weighted by Gasteiger charge is -2.37. The fourth-order valence-corrected chi connectivity index (χ4v) is 5.45. The summed E-state index contributed by atoms with van der Waals surface area (Å²) in [6.45, 7) is 7.32. The Bertz CT molecular complexity index is 1530. The number of hydrogen-bond donors (Lipinski definition) is 2. The van der Waals surface area contributed by atoms with Crippen LogP contribution >= 0.6 is 0 Å². The second kappa shape index (κ2) is 10.4. The molecule has 40 heavy (non-hydrogen) atoms. The molecule has 1 aliphatic heterocycles. The first-order valence-electron chi connectivity index (χ1n) is 13.3. The molecule has 0 bridgehead atoms. The quantitative estimate of drug-likeness (QED) is 0.336. The number of rotatable bonds is 5. The van der Waals surface area contributed by atoms with Gasteiger partial charge in [-0.1, -0.05) is 52.0 Å². The SMILES string of the molecule is CC(C)C(=O)N1c2cccc(O)c2NC2=C(C(=O)CC(C)(C)C2)C1c1ccc(OCc2ccccc2F)cc1F. The fraction of sp³-hybridized carbons (Fsp3) is 0.312. The molecular formula is C32H32F2N2O4. The Kier molecular flexibility index (Phi) is 7.12. The number of carbonyl (C=O) groups excluding carboxylic acids is 2. The molecule has 0 radical (unpaired) electrons. The lowest BCUT2D eigenvalue weighted by atomic mass is 9.73. The summed E-state index contributed by atoms with van der Waals surface area (Å²) in [6, 6.07) is 14.1. The number of hydrogen-bond acceptors (Lipinski definition) is 5. The molecule has 1 unspecified atom stereocenters. The van der Waals surface area contributed by atoms with Crippen LogP contribution in [-0.4, -0.2) is 16.8 Å². The molecule has 8 heteroatoms. The summed E-state index contributed by atoms with van der Waals surface area (Å²) in [5, 5.41) is 14.0. The van der Waals surface area contributed by atoms with Gasteiger partial charge in [-0.3, -0.25) is 14.5 Å². The molecule has 0 fully saturated rings. The van der Waals surface area contributed by atoms with Crippen LogP contribution < -0.4 is 15.0 Å². The molecule has 6 nitrogen and oxygen atoms in total. The van der Waals surface area contributed by atoms with Crippen LogP contribution in [-0.2, 0) is 16.2 Å². The molecule has 1 atom stereocenters. The number of allylic oxidation sites excluding steroid dienone is 1. The van der Waals surface area contributed by atoms with E-state index < -0.39 is 23.6 Å². The molecule has 1 heterocycles. The minimum atomic E-state index is -1.08. The molecule has 208 valence electrons. The molecular weight excluding hydrogens is 514 g/mol. The van der Waals surface area contributed by atoms with E-state index in [1.54, 1.807) is 50.2 Å². The van der Waals surface area contributed by atoms with Crippen LogP contribution in [0.3, 0.4) is 0 Å². The molecule has 3 aromatic carbocycles. The number of ketones is 1. The number of phenolic OH excluding ortho intramolecular Hbond substituents is 1. The highest BCUT2D eigenvalue weighted by atomic mass is 19.1. The van der Waals surface area contributed by atoms with Crippen LogP contribution in [0.25, 0.3) is 0 Å². The van der Waals surface area contributed by atoms with Crippen LogP contribution in [0.2, 0.25) is 0 Å². The molecule has 1 aliphatic carbocycles. The Morgan fingerprint density at radius 1 is 1.07 bits per heavy atom. The normalized spacial score (nSPS) is 18.1. The van der Waals surface area contributed by atoms with Crippen LogP contribution in [0.15, 0.2) is 71.9 Å². The number of para-hydroxylation sites is 1. The van der Waals surface area contributed by atoms with Gasteiger partial charge in [-0.05, 0) is 42.2 Å².